The van der Waals surface area contributed by atoms with Crippen molar-refractivity contribution < 1.29 is 21.2 Å². The molecule has 0 nitrogen and oxygen atoms in total. The van der Waals surface area contributed by atoms with E-state index in [2.05, 4.69) is 65.6 Å². The van der Waals surface area contributed by atoms with Crippen LogP contribution in [0.2, 0.25) is 0 Å². The lowest BCUT2D eigenvalue weighted by molar-refractivity contribution is -0.555. The molecule has 16 heavy (non-hydrogen) atoms. The van der Waals surface area contributed by atoms with Gasteiger partial charge in [-0.3, -0.25) is 0 Å². The molecule has 2 aromatic rings. The van der Waals surface area contributed by atoms with Gasteiger partial charge in [-0.1, -0.05) is 48.0 Å². The van der Waals surface area contributed by atoms with Gasteiger partial charge in [0.15, 0.2) is 7.65 Å². The van der Waals surface area contributed by atoms with Crippen LogP contribution in [0.4, 0.5) is 0 Å². The molecule has 0 spiro atoms. The second-order valence-electron chi connectivity index (χ2n) is 3.61. The first-order valence-electron chi connectivity index (χ1n) is 5.26. The number of rotatable bonds is 3. The van der Waals surface area contributed by atoms with Crippen molar-refractivity contribution in [3.05, 3.63) is 73.4 Å². The van der Waals surface area contributed by atoms with Crippen LogP contribution in [0.1, 0.15) is 11.1 Å². The average molecular weight is 321 g/mol. The van der Waals surface area contributed by atoms with E-state index in [0.717, 1.165) is 0 Å². The predicted molar refractivity (Wildman–Crippen MR) is 65.4 cm³/mol. The van der Waals surface area contributed by atoms with Crippen molar-refractivity contribution in [3.8, 4) is 0 Å². The molecule has 0 aliphatic carbocycles. The Hall–Kier alpha value is -1.09. The van der Waals surface area contributed by atoms with Crippen molar-refractivity contribution in [2.24, 2.45) is 0 Å². The summed E-state index contributed by atoms with van der Waals surface area (Å²) in [6.07, 6.45) is 2.22. The number of benzene rings is 2. The number of aryl methyl sites for hydroxylation is 1. The lowest BCUT2D eigenvalue weighted by Crippen LogP contribution is -3.59. The van der Waals surface area contributed by atoms with E-state index < -0.39 is 0 Å². The topological polar surface area (TPSA) is 0 Å². The Morgan fingerprint density at radius 2 is 1.56 bits per heavy atom. The summed E-state index contributed by atoms with van der Waals surface area (Å²) < 4.78 is 3.79. The summed E-state index contributed by atoms with van der Waals surface area (Å²) in [6, 6.07) is 19.3. The van der Waals surface area contributed by atoms with Gasteiger partial charge in [0.05, 0.1) is 0 Å². The van der Waals surface area contributed by atoms with Crippen LogP contribution in [-0.2, 0) is 0 Å². The molecule has 0 bridgehead atoms. The van der Waals surface area contributed by atoms with Gasteiger partial charge in [0.1, 0.15) is 0 Å². The molecule has 0 N–H and O–H groups in total. The first-order valence-corrected chi connectivity index (χ1v) is 7.59. The molecule has 2 aromatic carbocycles. The lowest BCUT2D eigenvalue weighted by Gasteiger charge is -1.88. The van der Waals surface area contributed by atoms with Crippen LogP contribution in [0.3, 0.4) is 0 Å². The molecule has 0 unspecified atom stereocenters. The monoisotopic (exact) mass is 321 g/mol. The summed E-state index contributed by atoms with van der Waals surface area (Å²) in [5, 5.41) is 0. The van der Waals surface area contributed by atoms with E-state index in [4.69, 9.17) is 0 Å². The standard InChI is InChI=1S/C15H14I/c1-13-7-9-15(10-8-13)16-12-11-14-5-3-2-4-6-14/h2-12H,1H3/q+1/b12-11+. The van der Waals surface area contributed by atoms with Gasteiger partial charge < -0.3 is 0 Å². The third kappa shape index (κ3) is 3.49. The maximum absolute atomic E-state index is 2.32. The Labute approximate surface area is 107 Å². The van der Waals surface area contributed by atoms with Gasteiger partial charge in [-0.25, -0.2) is 0 Å². The van der Waals surface area contributed by atoms with Gasteiger partial charge in [0.2, 0.25) is 0 Å². The molecule has 0 amide bonds. The Bertz CT molecular complexity index is 455. The van der Waals surface area contributed by atoms with E-state index in [0.29, 0.717) is 0 Å². The molecular weight excluding hydrogens is 307 g/mol. The summed E-state index contributed by atoms with van der Waals surface area (Å²) >= 11 is 0.00760. The molecule has 0 aromatic heterocycles. The Morgan fingerprint density at radius 3 is 2.25 bits per heavy atom. The van der Waals surface area contributed by atoms with Crippen molar-refractivity contribution >= 4 is 6.08 Å². The van der Waals surface area contributed by atoms with E-state index >= 15 is 0 Å². The smallest absolute Gasteiger partial charge is 0.0622 e. The van der Waals surface area contributed by atoms with Gasteiger partial charge in [-0.2, -0.15) is 0 Å². The van der Waals surface area contributed by atoms with Gasteiger partial charge in [-0.15, -0.1) is 0 Å². The summed E-state index contributed by atoms with van der Waals surface area (Å²) in [4.78, 5) is 0. The highest BCUT2D eigenvalue weighted by molar-refractivity contribution is 5.47. The molecule has 0 atom stereocenters. The molecule has 0 saturated heterocycles. The van der Waals surface area contributed by atoms with Crippen LogP contribution in [0.5, 0.6) is 0 Å². The highest BCUT2D eigenvalue weighted by atomic mass is 127. The third-order valence-corrected chi connectivity index (χ3v) is 4.41. The molecule has 1 heteroatoms. The normalized spacial score (nSPS) is 10.8. The summed E-state index contributed by atoms with van der Waals surface area (Å²) in [5.41, 5.74) is 2.62. The maximum atomic E-state index is 2.32. The molecule has 0 heterocycles. The van der Waals surface area contributed by atoms with Crippen LogP contribution in [-0.4, -0.2) is 0 Å². The van der Waals surface area contributed by atoms with Crippen molar-refractivity contribution in [2.45, 2.75) is 6.92 Å². The van der Waals surface area contributed by atoms with Crippen LogP contribution in [0.25, 0.3) is 6.08 Å². The third-order valence-electron chi connectivity index (χ3n) is 2.25. The van der Waals surface area contributed by atoms with Crippen molar-refractivity contribution in [2.75, 3.05) is 0 Å². The minimum atomic E-state index is 0.00760. The van der Waals surface area contributed by atoms with Crippen molar-refractivity contribution in [1.29, 1.82) is 0 Å². The minimum Gasteiger partial charge on any atom is -0.0622 e. The van der Waals surface area contributed by atoms with Gasteiger partial charge in [0, 0.05) is 0 Å². The Morgan fingerprint density at radius 1 is 0.875 bits per heavy atom. The fraction of sp³-hybridized carbons (Fsp3) is 0.0667. The molecule has 0 aliphatic heterocycles. The molecule has 0 fully saturated rings. The van der Waals surface area contributed by atoms with Crippen LogP contribution in [0, 0.1) is 10.5 Å². The highest BCUT2D eigenvalue weighted by Gasteiger charge is 2.05. The Balaban J connectivity index is 1.97. The second kappa shape index (κ2) is 5.85. The number of hydrogen-bond donors (Lipinski definition) is 0. The predicted octanol–water partition coefficient (Wildman–Crippen LogP) is 0.925. The molecule has 0 radical (unpaired) electrons. The van der Waals surface area contributed by atoms with Crippen molar-refractivity contribution in [1.82, 2.24) is 0 Å². The summed E-state index contributed by atoms with van der Waals surface area (Å²) in [6.45, 7) is 2.13. The molecule has 80 valence electrons. The Kier molecular flexibility index (Phi) is 4.17. The van der Waals surface area contributed by atoms with E-state index in [1.165, 1.54) is 14.7 Å². The van der Waals surface area contributed by atoms with Crippen LogP contribution in [0.15, 0.2) is 58.7 Å². The number of hydrogen-bond acceptors (Lipinski definition) is 0. The van der Waals surface area contributed by atoms with Gasteiger partial charge in [-0.05, 0) is 30.7 Å². The summed E-state index contributed by atoms with van der Waals surface area (Å²) in [7, 11) is 0. The fourth-order valence-corrected chi connectivity index (χ4v) is 3.13. The first kappa shape index (κ1) is 11.4. The second-order valence-corrected chi connectivity index (χ2v) is 6.20. The SMILES string of the molecule is Cc1ccc([I+]/C=C/c2ccccc2)cc1. The zero-order valence-electron chi connectivity index (χ0n) is 9.23. The molecule has 2 rings (SSSR count). The highest BCUT2D eigenvalue weighted by Crippen LogP contribution is 1.98. The van der Waals surface area contributed by atoms with E-state index in [9.17, 15) is 0 Å². The summed E-state index contributed by atoms with van der Waals surface area (Å²) in [5.74, 6) is 0. The van der Waals surface area contributed by atoms with Crippen LogP contribution < -0.4 is 21.2 Å². The van der Waals surface area contributed by atoms with Gasteiger partial charge >= 0.3 is 21.2 Å². The minimum absolute atomic E-state index is 0.00760. The average Bonchev–Trinajstić information content (AvgIpc) is 2.33. The maximum Gasteiger partial charge on any atom is 0.349 e. The largest absolute Gasteiger partial charge is 0.349 e. The van der Waals surface area contributed by atoms with E-state index in [-0.39, 0.29) is 21.2 Å². The molecular formula is C15H14I+. The number of halogens is 1. The van der Waals surface area contributed by atoms with E-state index in [1.54, 1.807) is 0 Å². The fourth-order valence-electron chi connectivity index (χ4n) is 1.35. The quantitative estimate of drug-likeness (QED) is 0.738. The molecule has 0 saturated carbocycles. The van der Waals surface area contributed by atoms with E-state index in [1.807, 2.05) is 6.07 Å². The lowest BCUT2D eigenvalue weighted by atomic mass is 10.2. The van der Waals surface area contributed by atoms with Crippen LogP contribution >= 0.6 is 0 Å². The zero-order chi connectivity index (χ0) is 11.2. The molecule has 0 aliphatic rings. The van der Waals surface area contributed by atoms with Crippen molar-refractivity contribution in [3.63, 3.8) is 0 Å². The zero-order valence-corrected chi connectivity index (χ0v) is 11.4. The van der Waals surface area contributed by atoms with Gasteiger partial charge in [0.25, 0.3) is 0 Å². The first-order chi connectivity index (χ1) is 7.84.